The zero-order chi connectivity index (χ0) is 17.0. The topological polar surface area (TPSA) is 83.8 Å². The maximum Gasteiger partial charge on any atom is 0.193 e. The highest BCUT2D eigenvalue weighted by molar-refractivity contribution is 6.12. The second-order valence-corrected chi connectivity index (χ2v) is 4.87. The Bertz CT molecular complexity index is 776. The minimum atomic E-state index is -0.613. The molecular formula is C18H16O5. The Labute approximate surface area is 133 Å². The molecule has 0 aliphatic carbocycles. The van der Waals surface area contributed by atoms with E-state index in [4.69, 9.17) is 4.74 Å². The summed E-state index contributed by atoms with van der Waals surface area (Å²) >= 11 is 0. The molecule has 0 unspecified atom stereocenters. The van der Waals surface area contributed by atoms with E-state index in [1.807, 2.05) is 18.2 Å². The number of carbonyl (C=O) groups is 2. The summed E-state index contributed by atoms with van der Waals surface area (Å²) in [6, 6.07) is 9.10. The maximum atomic E-state index is 12.3. The van der Waals surface area contributed by atoms with Gasteiger partial charge in [0.15, 0.2) is 12.1 Å². The number of hydrogen-bond donors (Lipinski definition) is 2. The number of allylic oxidation sites excluding steroid dienone is 1. The average Bonchev–Trinajstić information content (AvgIpc) is 2.57. The first-order valence-electron chi connectivity index (χ1n) is 6.86. The van der Waals surface area contributed by atoms with Gasteiger partial charge in [-0.2, -0.15) is 0 Å². The van der Waals surface area contributed by atoms with Crippen molar-refractivity contribution in [3.8, 4) is 17.2 Å². The van der Waals surface area contributed by atoms with Crippen LogP contribution in [0.25, 0.3) is 6.08 Å². The molecule has 5 heteroatoms. The molecule has 0 saturated carbocycles. The van der Waals surface area contributed by atoms with Gasteiger partial charge in [0, 0.05) is 5.56 Å². The summed E-state index contributed by atoms with van der Waals surface area (Å²) in [4.78, 5) is 23.5. The lowest BCUT2D eigenvalue weighted by Crippen LogP contribution is -2.03. The lowest BCUT2D eigenvalue weighted by atomic mass is 9.98. The molecule has 0 saturated heterocycles. The van der Waals surface area contributed by atoms with E-state index in [-0.39, 0.29) is 22.4 Å². The molecule has 0 aromatic heterocycles. The van der Waals surface area contributed by atoms with Crippen LogP contribution in [0.3, 0.4) is 0 Å². The second-order valence-electron chi connectivity index (χ2n) is 4.87. The van der Waals surface area contributed by atoms with Gasteiger partial charge in [-0.15, -0.1) is 0 Å². The Hall–Kier alpha value is -3.08. The van der Waals surface area contributed by atoms with Gasteiger partial charge in [0.25, 0.3) is 0 Å². The molecule has 0 heterocycles. The van der Waals surface area contributed by atoms with Gasteiger partial charge in [0.2, 0.25) is 0 Å². The van der Waals surface area contributed by atoms with Crippen LogP contribution < -0.4 is 4.74 Å². The summed E-state index contributed by atoms with van der Waals surface area (Å²) < 4.78 is 5.01. The fourth-order valence-electron chi connectivity index (χ4n) is 2.28. The Morgan fingerprint density at radius 3 is 2.35 bits per heavy atom. The molecule has 2 aromatic carbocycles. The van der Waals surface area contributed by atoms with Gasteiger partial charge in [0.1, 0.15) is 22.8 Å². The molecule has 0 bridgehead atoms. The predicted molar refractivity (Wildman–Crippen MR) is 86.3 cm³/mol. The molecule has 118 valence electrons. The quantitative estimate of drug-likeness (QED) is 0.503. The van der Waals surface area contributed by atoms with Crippen molar-refractivity contribution in [1.29, 1.82) is 0 Å². The minimum absolute atomic E-state index is 0.0404. The molecule has 23 heavy (non-hydrogen) atoms. The first-order valence-corrected chi connectivity index (χ1v) is 6.86. The van der Waals surface area contributed by atoms with Crippen molar-refractivity contribution in [3.05, 3.63) is 58.7 Å². The number of carbonyl (C=O) groups excluding carboxylic acids is 2. The molecule has 2 N–H and O–H groups in total. The minimum Gasteiger partial charge on any atom is -0.507 e. The number of ketones is 1. The zero-order valence-electron chi connectivity index (χ0n) is 12.7. The van der Waals surface area contributed by atoms with Crippen LogP contribution >= 0.6 is 0 Å². The number of aromatic hydroxyl groups is 2. The number of phenols is 2. The Morgan fingerprint density at radius 1 is 1.13 bits per heavy atom. The molecule has 0 fully saturated rings. The SMILES string of the molecule is COc1c(C)c(O)c(C(=O)/C=C/c2ccccc2)c(O)c1C=O. The van der Waals surface area contributed by atoms with Crippen LogP contribution in [0.5, 0.6) is 17.2 Å². The van der Waals surface area contributed by atoms with Crippen molar-refractivity contribution in [1.82, 2.24) is 0 Å². The summed E-state index contributed by atoms with van der Waals surface area (Å²) in [5.74, 6) is -1.58. The Kier molecular flexibility index (Phi) is 4.81. The van der Waals surface area contributed by atoms with Gasteiger partial charge in [0.05, 0.1) is 12.7 Å². The molecule has 0 spiro atoms. The maximum absolute atomic E-state index is 12.3. The number of phenolic OH excluding ortho intramolecular Hbond substituents is 2. The fourth-order valence-corrected chi connectivity index (χ4v) is 2.28. The third-order valence-corrected chi connectivity index (χ3v) is 3.46. The summed E-state index contributed by atoms with van der Waals surface area (Å²) in [7, 11) is 1.31. The molecule has 0 radical (unpaired) electrons. The van der Waals surface area contributed by atoms with Crippen molar-refractivity contribution in [3.63, 3.8) is 0 Å². The number of hydrogen-bond acceptors (Lipinski definition) is 5. The standard InChI is InChI=1S/C18H16O5/c1-11-16(21)15(17(22)13(10-19)18(11)23-2)14(20)9-8-12-6-4-3-5-7-12/h3-10,21-22H,1-2H3/b9-8+. The Morgan fingerprint density at radius 2 is 1.78 bits per heavy atom. The van der Waals surface area contributed by atoms with E-state index < -0.39 is 17.3 Å². The molecule has 2 rings (SSSR count). The number of aldehydes is 1. The van der Waals surface area contributed by atoms with E-state index in [0.29, 0.717) is 6.29 Å². The largest absolute Gasteiger partial charge is 0.507 e. The lowest BCUT2D eigenvalue weighted by Gasteiger charge is -2.14. The first kappa shape index (κ1) is 16.3. The summed E-state index contributed by atoms with van der Waals surface area (Å²) in [6.45, 7) is 1.50. The highest BCUT2D eigenvalue weighted by Gasteiger charge is 2.25. The van der Waals surface area contributed by atoms with Gasteiger partial charge < -0.3 is 14.9 Å². The van der Waals surface area contributed by atoms with Crippen LogP contribution in [-0.4, -0.2) is 29.4 Å². The highest BCUT2D eigenvalue weighted by Crippen LogP contribution is 2.41. The van der Waals surface area contributed by atoms with Crippen LogP contribution in [0.2, 0.25) is 0 Å². The zero-order valence-corrected chi connectivity index (χ0v) is 12.7. The van der Waals surface area contributed by atoms with Crippen LogP contribution in [-0.2, 0) is 0 Å². The van der Waals surface area contributed by atoms with E-state index >= 15 is 0 Å². The van der Waals surface area contributed by atoms with Crippen molar-refractivity contribution in [2.24, 2.45) is 0 Å². The van der Waals surface area contributed by atoms with Crippen molar-refractivity contribution >= 4 is 18.1 Å². The van der Waals surface area contributed by atoms with Gasteiger partial charge >= 0.3 is 0 Å². The fraction of sp³-hybridized carbons (Fsp3) is 0.111. The van der Waals surface area contributed by atoms with Crippen molar-refractivity contribution in [2.75, 3.05) is 7.11 Å². The van der Waals surface area contributed by atoms with E-state index in [9.17, 15) is 19.8 Å². The van der Waals surface area contributed by atoms with Gasteiger partial charge in [-0.25, -0.2) is 0 Å². The monoisotopic (exact) mass is 312 g/mol. The van der Waals surface area contributed by atoms with Gasteiger partial charge in [-0.1, -0.05) is 36.4 Å². The molecule has 5 nitrogen and oxygen atoms in total. The summed E-state index contributed by atoms with van der Waals surface area (Å²) in [5, 5.41) is 20.3. The van der Waals surface area contributed by atoms with Crippen LogP contribution in [0.4, 0.5) is 0 Å². The van der Waals surface area contributed by atoms with E-state index in [1.54, 1.807) is 18.2 Å². The molecule has 0 atom stereocenters. The Balaban J connectivity index is 2.51. The number of methoxy groups -OCH3 is 1. The normalized spacial score (nSPS) is 10.7. The third kappa shape index (κ3) is 3.08. The summed E-state index contributed by atoms with van der Waals surface area (Å²) in [5.41, 5.74) is 0.515. The highest BCUT2D eigenvalue weighted by atomic mass is 16.5. The van der Waals surface area contributed by atoms with E-state index in [2.05, 4.69) is 0 Å². The van der Waals surface area contributed by atoms with Crippen LogP contribution in [0, 0.1) is 6.92 Å². The van der Waals surface area contributed by atoms with E-state index in [0.717, 1.165) is 5.56 Å². The molecule has 0 aliphatic heterocycles. The van der Waals surface area contributed by atoms with Crippen molar-refractivity contribution < 1.29 is 24.5 Å². The number of benzene rings is 2. The first-order chi connectivity index (χ1) is 11.0. The smallest absolute Gasteiger partial charge is 0.193 e. The molecular weight excluding hydrogens is 296 g/mol. The number of rotatable bonds is 5. The van der Waals surface area contributed by atoms with Crippen molar-refractivity contribution in [2.45, 2.75) is 6.92 Å². The van der Waals surface area contributed by atoms with Crippen LogP contribution in [0.1, 0.15) is 31.8 Å². The lowest BCUT2D eigenvalue weighted by molar-refractivity contribution is 0.104. The average molecular weight is 312 g/mol. The molecule has 2 aromatic rings. The second kappa shape index (κ2) is 6.79. The van der Waals surface area contributed by atoms with Gasteiger partial charge in [-0.05, 0) is 18.6 Å². The van der Waals surface area contributed by atoms with Crippen LogP contribution in [0.15, 0.2) is 36.4 Å². The summed E-state index contributed by atoms with van der Waals surface area (Å²) in [6.07, 6.45) is 3.17. The molecule has 0 aliphatic rings. The molecule has 0 amide bonds. The predicted octanol–water partition coefficient (Wildman–Crippen LogP) is 3.12. The van der Waals surface area contributed by atoms with E-state index in [1.165, 1.54) is 20.1 Å². The third-order valence-electron chi connectivity index (χ3n) is 3.46. The number of ether oxygens (including phenoxy) is 1. The van der Waals surface area contributed by atoms with Gasteiger partial charge in [-0.3, -0.25) is 9.59 Å².